The van der Waals surface area contributed by atoms with Gasteiger partial charge in [-0.05, 0) is 49.9 Å². The van der Waals surface area contributed by atoms with Gasteiger partial charge in [-0.15, -0.1) is 0 Å². The van der Waals surface area contributed by atoms with Crippen molar-refractivity contribution in [1.29, 1.82) is 0 Å². The molecule has 0 radical (unpaired) electrons. The van der Waals surface area contributed by atoms with E-state index >= 15 is 0 Å². The number of hydrogen-bond acceptors (Lipinski definition) is 5. The lowest BCUT2D eigenvalue weighted by atomic mass is 9.99. The van der Waals surface area contributed by atoms with Crippen molar-refractivity contribution in [1.82, 2.24) is 9.03 Å². The van der Waals surface area contributed by atoms with E-state index in [0.29, 0.717) is 0 Å². The molecule has 1 saturated heterocycles. The molecule has 2 fully saturated rings. The van der Waals surface area contributed by atoms with Gasteiger partial charge < -0.3 is 5.11 Å². The lowest BCUT2D eigenvalue weighted by Crippen LogP contribution is -2.40. The van der Waals surface area contributed by atoms with E-state index < -0.39 is 31.9 Å². The Balaban J connectivity index is 1.74. The number of rotatable bonds is 6. The van der Waals surface area contributed by atoms with Gasteiger partial charge in [-0.2, -0.15) is 4.31 Å². The van der Waals surface area contributed by atoms with Gasteiger partial charge in [-0.1, -0.05) is 0 Å². The fraction of sp³-hybridized carbons (Fsp3) is 0.533. The topological polar surface area (TPSA) is 121 Å². The highest BCUT2D eigenvalue weighted by molar-refractivity contribution is 7.89. The molecule has 1 heterocycles. The van der Waals surface area contributed by atoms with Crippen LogP contribution in [-0.2, 0) is 24.8 Å². The van der Waals surface area contributed by atoms with Crippen LogP contribution in [0.15, 0.2) is 34.1 Å². The largest absolute Gasteiger partial charge is 0.481 e. The van der Waals surface area contributed by atoms with Crippen LogP contribution < -0.4 is 4.72 Å². The third-order valence-corrected chi connectivity index (χ3v) is 7.92. The van der Waals surface area contributed by atoms with Crippen molar-refractivity contribution < 1.29 is 26.7 Å². The molecule has 2 N–H and O–H groups in total. The molecule has 8 nitrogen and oxygen atoms in total. The van der Waals surface area contributed by atoms with E-state index in [1.54, 1.807) is 0 Å². The van der Waals surface area contributed by atoms with Gasteiger partial charge in [-0.3, -0.25) is 4.79 Å². The van der Waals surface area contributed by atoms with Crippen molar-refractivity contribution in [2.75, 3.05) is 13.1 Å². The van der Waals surface area contributed by atoms with Gasteiger partial charge in [0.05, 0.1) is 15.7 Å². The minimum Gasteiger partial charge on any atom is -0.481 e. The quantitative estimate of drug-likeness (QED) is 0.737. The third-order valence-electron chi connectivity index (χ3n) is 4.47. The number of sulfonamides is 2. The molecule has 0 spiro atoms. The number of carboxylic acids is 1. The van der Waals surface area contributed by atoms with E-state index in [9.17, 15) is 21.6 Å². The van der Waals surface area contributed by atoms with Crippen molar-refractivity contribution in [2.45, 2.75) is 41.5 Å². The second kappa shape index (κ2) is 6.67. The van der Waals surface area contributed by atoms with Gasteiger partial charge in [0.25, 0.3) is 0 Å². The first-order valence-corrected chi connectivity index (χ1v) is 11.0. The fourth-order valence-corrected chi connectivity index (χ4v) is 5.55. The van der Waals surface area contributed by atoms with Crippen LogP contribution in [0.2, 0.25) is 0 Å². The maximum Gasteiger partial charge on any atom is 0.306 e. The van der Waals surface area contributed by atoms with Gasteiger partial charge in [0, 0.05) is 19.1 Å². The Morgan fingerprint density at radius 2 is 1.48 bits per heavy atom. The summed E-state index contributed by atoms with van der Waals surface area (Å²) in [5.41, 5.74) is 0. The Kier molecular flexibility index (Phi) is 4.89. The van der Waals surface area contributed by atoms with Crippen LogP contribution in [0.3, 0.4) is 0 Å². The number of benzene rings is 1. The average molecular weight is 388 g/mol. The number of nitrogens with one attached hydrogen (secondary N) is 1. The monoisotopic (exact) mass is 388 g/mol. The number of aliphatic carboxylic acids is 1. The van der Waals surface area contributed by atoms with Gasteiger partial charge in [0.1, 0.15) is 0 Å². The molecule has 1 aromatic rings. The maximum absolute atomic E-state index is 12.6. The first kappa shape index (κ1) is 18.3. The summed E-state index contributed by atoms with van der Waals surface area (Å²) in [4.78, 5) is 11.0. The highest BCUT2D eigenvalue weighted by Crippen LogP contribution is 2.26. The van der Waals surface area contributed by atoms with Crippen molar-refractivity contribution in [3.05, 3.63) is 24.3 Å². The number of hydrogen-bond donors (Lipinski definition) is 2. The van der Waals surface area contributed by atoms with Crippen molar-refractivity contribution in [3.8, 4) is 0 Å². The second-order valence-electron chi connectivity index (χ2n) is 6.38. The molecule has 0 aromatic heterocycles. The molecule has 3 rings (SSSR count). The van der Waals surface area contributed by atoms with Gasteiger partial charge in [0.2, 0.25) is 20.0 Å². The summed E-state index contributed by atoms with van der Waals surface area (Å²) in [5, 5.41) is 8.99. The zero-order valence-corrected chi connectivity index (χ0v) is 15.1. The third kappa shape index (κ3) is 4.02. The number of carboxylic acid groups (broad SMARTS) is 1. The lowest BCUT2D eigenvalue weighted by molar-refractivity contribution is -0.142. The Morgan fingerprint density at radius 3 is 1.96 bits per heavy atom. The molecule has 1 aliphatic heterocycles. The van der Waals surface area contributed by atoms with Crippen LogP contribution in [0, 0.1) is 5.92 Å². The smallest absolute Gasteiger partial charge is 0.306 e. The lowest BCUT2D eigenvalue weighted by Gasteiger charge is -2.29. The Morgan fingerprint density at radius 1 is 0.960 bits per heavy atom. The molecular formula is C15H20N2O6S2. The molecule has 25 heavy (non-hydrogen) atoms. The maximum atomic E-state index is 12.6. The van der Waals surface area contributed by atoms with Crippen LogP contribution in [-0.4, -0.2) is 51.3 Å². The van der Waals surface area contributed by atoms with Crippen LogP contribution in [0.1, 0.15) is 25.7 Å². The SMILES string of the molecule is O=C(O)C1CCN(S(=O)(=O)c2ccc(S(=O)(=O)NC3CC3)cc2)CC1. The summed E-state index contributed by atoms with van der Waals surface area (Å²) >= 11 is 0. The molecule has 0 amide bonds. The van der Waals surface area contributed by atoms with Crippen LogP contribution in [0.5, 0.6) is 0 Å². The molecule has 0 atom stereocenters. The standard InChI is InChI=1S/C15H20N2O6S2/c18-15(19)11-7-9-17(10-8-11)25(22,23)14-5-3-13(4-6-14)24(20,21)16-12-1-2-12/h3-6,11-12,16H,1-2,7-10H2,(H,18,19). The summed E-state index contributed by atoms with van der Waals surface area (Å²) in [6.45, 7) is 0.283. The molecule has 0 bridgehead atoms. The van der Waals surface area contributed by atoms with Crippen LogP contribution in [0.25, 0.3) is 0 Å². The molecule has 138 valence electrons. The minimum atomic E-state index is -3.76. The summed E-state index contributed by atoms with van der Waals surface area (Å²) in [6, 6.07) is 5.09. The van der Waals surface area contributed by atoms with Gasteiger partial charge >= 0.3 is 5.97 Å². The number of nitrogens with zero attached hydrogens (tertiary/aromatic N) is 1. The minimum absolute atomic E-state index is 0.00615. The number of piperidine rings is 1. The average Bonchev–Trinajstić information content (AvgIpc) is 3.38. The Hall–Kier alpha value is -1.49. The summed E-state index contributed by atoms with van der Waals surface area (Å²) in [5.74, 6) is -1.43. The first-order valence-electron chi connectivity index (χ1n) is 8.05. The second-order valence-corrected chi connectivity index (χ2v) is 10.0. The fourth-order valence-electron chi connectivity index (χ4n) is 2.77. The summed E-state index contributed by atoms with van der Waals surface area (Å²) in [6.07, 6.45) is 2.18. The number of carbonyl (C=O) groups is 1. The molecule has 1 saturated carbocycles. The Labute approximate surface area is 146 Å². The molecule has 10 heteroatoms. The van der Waals surface area contributed by atoms with Crippen molar-refractivity contribution >= 4 is 26.0 Å². The first-order chi connectivity index (χ1) is 11.7. The normalized spacial score (nSPS) is 20.5. The molecular weight excluding hydrogens is 368 g/mol. The Bertz CT molecular complexity index is 852. The van der Waals surface area contributed by atoms with E-state index in [-0.39, 0.29) is 41.8 Å². The summed E-state index contributed by atoms with van der Waals surface area (Å²) in [7, 11) is -7.38. The zero-order chi connectivity index (χ0) is 18.2. The molecule has 1 aliphatic carbocycles. The molecule has 0 unspecified atom stereocenters. The van der Waals surface area contributed by atoms with E-state index in [1.165, 1.54) is 28.6 Å². The summed E-state index contributed by atoms with van der Waals surface area (Å²) < 4.78 is 53.3. The van der Waals surface area contributed by atoms with E-state index in [1.807, 2.05) is 0 Å². The van der Waals surface area contributed by atoms with Gasteiger partial charge in [-0.25, -0.2) is 21.6 Å². The van der Waals surface area contributed by atoms with E-state index in [0.717, 1.165) is 12.8 Å². The molecule has 2 aliphatic rings. The predicted octanol–water partition coefficient (Wildman–Crippen LogP) is 0.613. The molecule has 1 aromatic carbocycles. The van der Waals surface area contributed by atoms with Crippen LogP contribution >= 0.6 is 0 Å². The van der Waals surface area contributed by atoms with Crippen LogP contribution in [0.4, 0.5) is 0 Å². The van der Waals surface area contributed by atoms with Crippen molar-refractivity contribution in [2.24, 2.45) is 5.92 Å². The van der Waals surface area contributed by atoms with E-state index in [2.05, 4.69) is 4.72 Å². The van der Waals surface area contributed by atoms with E-state index in [4.69, 9.17) is 5.11 Å². The predicted molar refractivity (Wildman–Crippen MR) is 88.9 cm³/mol. The highest BCUT2D eigenvalue weighted by atomic mass is 32.2. The van der Waals surface area contributed by atoms with Gasteiger partial charge in [0.15, 0.2) is 0 Å². The zero-order valence-electron chi connectivity index (χ0n) is 13.5. The van der Waals surface area contributed by atoms with Crippen molar-refractivity contribution in [3.63, 3.8) is 0 Å². The highest BCUT2D eigenvalue weighted by Gasteiger charge is 2.32.